The van der Waals surface area contributed by atoms with Crippen LogP contribution in [0, 0.1) is 11.8 Å². The molecule has 98 valence electrons. The van der Waals surface area contributed by atoms with E-state index in [1.165, 1.54) is 0 Å². The van der Waals surface area contributed by atoms with E-state index in [9.17, 15) is 9.59 Å². The Morgan fingerprint density at radius 1 is 1.39 bits per heavy atom. The van der Waals surface area contributed by atoms with Gasteiger partial charge in [-0.05, 0) is 32.1 Å². The van der Waals surface area contributed by atoms with Gasteiger partial charge in [-0.2, -0.15) is 0 Å². The normalized spacial score (nSPS) is 41.2. The van der Waals surface area contributed by atoms with Gasteiger partial charge >= 0.3 is 11.9 Å². The van der Waals surface area contributed by atoms with Crippen LogP contribution in [-0.4, -0.2) is 23.6 Å². The fourth-order valence-electron chi connectivity index (χ4n) is 3.78. The Morgan fingerprint density at radius 2 is 2.17 bits per heavy atom. The minimum absolute atomic E-state index is 0.0679. The maximum absolute atomic E-state index is 11.8. The molecule has 4 fully saturated rings. The first-order valence-electron chi connectivity index (χ1n) is 6.57. The summed E-state index contributed by atoms with van der Waals surface area (Å²) in [4.78, 5) is 23.6. The number of rotatable bonds is 2. The molecule has 0 aromatic heterocycles. The fourth-order valence-corrected chi connectivity index (χ4v) is 3.78. The molecule has 4 nitrogen and oxygen atoms in total. The van der Waals surface area contributed by atoms with Crippen molar-refractivity contribution >= 4 is 11.9 Å². The van der Waals surface area contributed by atoms with E-state index in [0.29, 0.717) is 24.3 Å². The summed E-state index contributed by atoms with van der Waals surface area (Å²) in [6, 6.07) is 0. The van der Waals surface area contributed by atoms with Gasteiger partial charge in [-0.25, -0.2) is 4.79 Å². The predicted octanol–water partition coefficient (Wildman–Crippen LogP) is 1.98. The maximum Gasteiger partial charge on any atom is 0.333 e. The van der Waals surface area contributed by atoms with Crippen molar-refractivity contribution in [2.45, 2.75) is 50.7 Å². The van der Waals surface area contributed by atoms with Crippen LogP contribution >= 0.6 is 0 Å². The molecule has 4 atom stereocenters. The van der Waals surface area contributed by atoms with E-state index in [0.717, 1.165) is 19.3 Å². The second kappa shape index (κ2) is 3.84. The van der Waals surface area contributed by atoms with E-state index in [1.54, 1.807) is 6.92 Å². The van der Waals surface area contributed by atoms with Crippen molar-refractivity contribution in [1.82, 2.24) is 0 Å². The number of esters is 2. The smallest absolute Gasteiger partial charge is 0.333 e. The van der Waals surface area contributed by atoms with Crippen LogP contribution in [0.4, 0.5) is 0 Å². The Balaban J connectivity index is 1.86. The van der Waals surface area contributed by atoms with Crippen molar-refractivity contribution in [3.8, 4) is 0 Å². The largest absolute Gasteiger partial charge is 0.462 e. The third-order valence-electron chi connectivity index (χ3n) is 4.37. The van der Waals surface area contributed by atoms with Crippen LogP contribution in [0.3, 0.4) is 0 Å². The monoisotopic (exact) mass is 250 g/mol. The predicted molar refractivity (Wildman–Crippen MR) is 63.6 cm³/mol. The van der Waals surface area contributed by atoms with Gasteiger partial charge in [0.25, 0.3) is 0 Å². The Kier molecular flexibility index (Phi) is 2.50. The molecule has 2 aliphatic carbocycles. The molecule has 2 heterocycles. The van der Waals surface area contributed by atoms with Crippen LogP contribution in [-0.2, 0) is 19.1 Å². The van der Waals surface area contributed by atoms with Gasteiger partial charge in [0.15, 0.2) is 0 Å². The standard InChI is InChI=1S/C14H18O4/c1-8(2)12(15)18-14-5-9-3-10(6-14)13(16)17-11(4-9)7-14/h9-11H,1,3-7H2,2H3/t9?,10?,11?,14-/m1/s1. The van der Waals surface area contributed by atoms with E-state index in [1.807, 2.05) is 0 Å². The number of carbonyl (C=O) groups excluding carboxylic acids is 2. The number of carbonyl (C=O) groups is 2. The molecular formula is C14H18O4. The summed E-state index contributed by atoms with van der Waals surface area (Å²) in [6.45, 7) is 5.27. The first-order chi connectivity index (χ1) is 8.47. The lowest BCUT2D eigenvalue weighted by molar-refractivity contribution is -0.169. The minimum Gasteiger partial charge on any atom is -0.462 e. The van der Waals surface area contributed by atoms with Gasteiger partial charge < -0.3 is 9.47 Å². The first-order valence-corrected chi connectivity index (χ1v) is 6.57. The fraction of sp³-hybridized carbons (Fsp3) is 0.714. The van der Waals surface area contributed by atoms with Crippen molar-refractivity contribution in [1.29, 1.82) is 0 Å². The average molecular weight is 250 g/mol. The van der Waals surface area contributed by atoms with Gasteiger partial charge in [0.05, 0.1) is 5.92 Å². The lowest BCUT2D eigenvalue weighted by Gasteiger charge is -2.45. The van der Waals surface area contributed by atoms with E-state index >= 15 is 0 Å². The first kappa shape index (κ1) is 11.8. The highest BCUT2D eigenvalue weighted by molar-refractivity contribution is 5.87. The Labute approximate surface area is 106 Å². The molecule has 0 aromatic rings. The van der Waals surface area contributed by atoms with E-state index < -0.39 is 5.60 Å². The molecule has 2 saturated carbocycles. The van der Waals surface area contributed by atoms with Crippen LogP contribution in [0.5, 0.6) is 0 Å². The topological polar surface area (TPSA) is 52.6 Å². The van der Waals surface area contributed by atoms with Crippen molar-refractivity contribution in [2.75, 3.05) is 0 Å². The molecule has 0 spiro atoms. The highest BCUT2D eigenvalue weighted by Crippen LogP contribution is 2.51. The van der Waals surface area contributed by atoms with E-state index in [4.69, 9.17) is 9.47 Å². The second-order valence-corrected chi connectivity index (χ2v) is 6.06. The summed E-state index contributed by atoms with van der Waals surface area (Å²) in [6.07, 6.45) is 3.90. The van der Waals surface area contributed by atoms with Gasteiger partial charge in [0.2, 0.25) is 0 Å². The Bertz CT molecular complexity index is 428. The number of hydrogen-bond acceptors (Lipinski definition) is 4. The zero-order valence-electron chi connectivity index (χ0n) is 10.6. The molecule has 4 aliphatic rings. The van der Waals surface area contributed by atoms with Crippen LogP contribution in [0.25, 0.3) is 0 Å². The van der Waals surface area contributed by atoms with Gasteiger partial charge in [0.1, 0.15) is 11.7 Å². The van der Waals surface area contributed by atoms with Crippen molar-refractivity contribution in [3.63, 3.8) is 0 Å². The third-order valence-corrected chi connectivity index (χ3v) is 4.37. The lowest BCUT2D eigenvalue weighted by atomic mass is 9.65. The zero-order valence-corrected chi connectivity index (χ0v) is 10.6. The highest BCUT2D eigenvalue weighted by Gasteiger charge is 2.54. The number of ether oxygens (including phenoxy) is 2. The molecule has 4 bridgehead atoms. The molecular weight excluding hydrogens is 232 g/mol. The summed E-state index contributed by atoms with van der Waals surface area (Å²) in [7, 11) is 0. The molecule has 0 N–H and O–H groups in total. The summed E-state index contributed by atoms with van der Waals surface area (Å²) in [5.41, 5.74) is -0.0738. The molecule has 3 unspecified atom stereocenters. The summed E-state index contributed by atoms with van der Waals surface area (Å²) >= 11 is 0. The SMILES string of the molecule is C=C(C)C(=O)O[C@@]12CC3CC(C1)OC(=O)C(C3)C2. The molecule has 0 amide bonds. The number of fused-ring (bicyclic) bond motifs is 1. The van der Waals surface area contributed by atoms with Crippen molar-refractivity contribution < 1.29 is 19.1 Å². The quantitative estimate of drug-likeness (QED) is 0.555. The van der Waals surface area contributed by atoms with Gasteiger partial charge in [-0.1, -0.05) is 6.58 Å². The summed E-state index contributed by atoms with van der Waals surface area (Å²) < 4.78 is 11.1. The zero-order chi connectivity index (χ0) is 12.9. The summed E-state index contributed by atoms with van der Waals surface area (Å²) in [5.74, 6) is -0.0825. The van der Waals surface area contributed by atoms with Crippen LogP contribution in [0.15, 0.2) is 12.2 Å². The van der Waals surface area contributed by atoms with Crippen LogP contribution in [0.1, 0.15) is 39.0 Å². The minimum atomic E-state index is -0.487. The van der Waals surface area contributed by atoms with Crippen molar-refractivity contribution in [3.05, 3.63) is 12.2 Å². The number of hydrogen-bond donors (Lipinski definition) is 0. The molecule has 18 heavy (non-hydrogen) atoms. The second-order valence-electron chi connectivity index (χ2n) is 6.06. The molecule has 2 aliphatic heterocycles. The van der Waals surface area contributed by atoms with E-state index in [2.05, 4.69) is 6.58 Å². The molecule has 4 heteroatoms. The lowest BCUT2D eigenvalue weighted by Crippen LogP contribution is -2.48. The molecule has 0 aromatic carbocycles. The average Bonchev–Trinajstić information content (AvgIpc) is 2.41. The van der Waals surface area contributed by atoms with E-state index in [-0.39, 0.29) is 24.0 Å². The van der Waals surface area contributed by atoms with Gasteiger partial charge in [-0.3, -0.25) is 4.79 Å². The Hall–Kier alpha value is -1.32. The summed E-state index contributed by atoms with van der Waals surface area (Å²) in [5, 5.41) is 0. The molecule has 0 radical (unpaired) electrons. The maximum atomic E-state index is 11.8. The van der Waals surface area contributed by atoms with Crippen molar-refractivity contribution in [2.24, 2.45) is 11.8 Å². The van der Waals surface area contributed by atoms with Gasteiger partial charge in [-0.15, -0.1) is 0 Å². The highest BCUT2D eigenvalue weighted by atomic mass is 16.6. The van der Waals surface area contributed by atoms with Crippen LogP contribution < -0.4 is 0 Å². The Morgan fingerprint density at radius 3 is 2.89 bits per heavy atom. The van der Waals surface area contributed by atoms with Crippen LogP contribution in [0.2, 0.25) is 0 Å². The third kappa shape index (κ3) is 1.84. The molecule has 4 rings (SSSR count). The van der Waals surface area contributed by atoms with Gasteiger partial charge in [0, 0.05) is 18.4 Å². The molecule has 2 saturated heterocycles.